The number of nitrogens with zero attached hydrogens (tertiary/aromatic N) is 2. The van der Waals surface area contributed by atoms with Gasteiger partial charge in [0, 0.05) is 13.2 Å². The highest BCUT2D eigenvalue weighted by molar-refractivity contribution is 5.30. The number of hydrogen-bond acceptors (Lipinski definition) is 5. The lowest BCUT2D eigenvalue weighted by molar-refractivity contribution is -0.0754. The van der Waals surface area contributed by atoms with E-state index < -0.39 is 31.3 Å². The van der Waals surface area contributed by atoms with Crippen molar-refractivity contribution in [3.8, 4) is 0 Å². The van der Waals surface area contributed by atoms with Crippen molar-refractivity contribution in [1.29, 1.82) is 0 Å². The van der Waals surface area contributed by atoms with E-state index in [1.54, 1.807) is 20.0 Å². The first kappa shape index (κ1) is 13.6. The molecule has 0 fully saturated rings. The van der Waals surface area contributed by atoms with Gasteiger partial charge in [-0.25, -0.2) is 9.18 Å². The van der Waals surface area contributed by atoms with Crippen molar-refractivity contribution in [2.75, 3.05) is 25.6 Å². The Labute approximate surface area is 98.1 Å². The molecule has 1 rings (SSSR count). The maximum Gasteiger partial charge on any atom is 0.351 e. The van der Waals surface area contributed by atoms with E-state index in [0.717, 1.165) is 0 Å². The van der Waals surface area contributed by atoms with E-state index in [2.05, 4.69) is 10.3 Å². The van der Waals surface area contributed by atoms with Crippen LogP contribution >= 0.6 is 0 Å². The second-order valence-corrected chi connectivity index (χ2v) is 3.45. The van der Waals surface area contributed by atoms with Gasteiger partial charge in [0.05, 0.1) is 6.61 Å². The summed E-state index contributed by atoms with van der Waals surface area (Å²) in [4.78, 5) is 15.3. The average molecular weight is 245 g/mol. The fourth-order valence-corrected chi connectivity index (χ4v) is 1.30. The minimum absolute atomic E-state index is 0.433. The second kappa shape index (κ2) is 6.31. The van der Waals surface area contributed by atoms with Crippen LogP contribution in [0, 0.1) is 0 Å². The first-order chi connectivity index (χ1) is 8.12. The number of aliphatic hydroxyl groups is 1. The SMILES string of the molecule is CNc1ccn(C(C)O[C@H](CO)CF)c(=O)n1. The molecule has 17 heavy (non-hydrogen) atoms. The molecule has 0 spiro atoms. The summed E-state index contributed by atoms with van der Waals surface area (Å²) < 4.78 is 18.7. The van der Waals surface area contributed by atoms with Gasteiger partial charge in [-0.3, -0.25) is 4.57 Å². The largest absolute Gasteiger partial charge is 0.394 e. The summed E-state index contributed by atoms with van der Waals surface area (Å²) in [5.41, 5.74) is -0.500. The van der Waals surface area contributed by atoms with E-state index in [-0.39, 0.29) is 0 Å². The molecule has 1 aromatic heterocycles. The Morgan fingerprint density at radius 3 is 2.88 bits per heavy atom. The van der Waals surface area contributed by atoms with Crippen molar-refractivity contribution in [2.45, 2.75) is 19.3 Å². The smallest absolute Gasteiger partial charge is 0.351 e. The average Bonchev–Trinajstić information content (AvgIpc) is 2.35. The third-order valence-electron chi connectivity index (χ3n) is 2.24. The third kappa shape index (κ3) is 3.50. The summed E-state index contributed by atoms with van der Waals surface area (Å²) in [5, 5.41) is 11.5. The highest BCUT2D eigenvalue weighted by Gasteiger charge is 2.14. The Morgan fingerprint density at radius 2 is 2.41 bits per heavy atom. The van der Waals surface area contributed by atoms with Gasteiger partial charge in [0.2, 0.25) is 0 Å². The minimum atomic E-state index is -0.930. The highest BCUT2D eigenvalue weighted by Crippen LogP contribution is 2.09. The van der Waals surface area contributed by atoms with Crippen molar-refractivity contribution < 1.29 is 14.2 Å². The van der Waals surface area contributed by atoms with E-state index in [1.807, 2.05) is 0 Å². The number of ether oxygens (including phenoxy) is 1. The molecule has 2 N–H and O–H groups in total. The lowest BCUT2D eigenvalue weighted by atomic mass is 10.4. The third-order valence-corrected chi connectivity index (χ3v) is 2.24. The zero-order valence-electron chi connectivity index (χ0n) is 9.76. The van der Waals surface area contributed by atoms with Crippen LogP contribution < -0.4 is 11.0 Å². The number of alkyl halides is 1. The minimum Gasteiger partial charge on any atom is -0.394 e. The Kier molecular flexibility index (Phi) is 5.05. The molecule has 0 radical (unpaired) electrons. The van der Waals surface area contributed by atoms with Gasteiger partial charge in [-0.05, 0) is 13.0 Å². The molecule has 6 nitrogen and oxygen atoms in total. The number of halogens is 1. The van der Waals surface area contributed by atoms with Crippen molar-refractivity contribution in [2.24, 2.45) is 0 Å². The molecular weight excluding hydrogens is 229 g/mol. The summed E-state index contributed by atoms with van der Waals surface area (Å²) in [6.45, 7) is 0.343. The van der Waals surface area contributed by atoms with E-state index in [9.17, 15) is 9.18 Å². The summed E-state index contributed by atoms with van der Waals surface area (Å²) in [5.74, 6) is 0.447. The molecule has 1 heterocycles. The standard InChI is InChI=1S/C10H16FN3O3/c1-7(17-8(5-11)6-15)14-4-3-9(12-2)13-10(14)16/h3-4,7-8,15H,5-6H2,1-2H3,(H,12,13,16)/t7?,8-/m0/s1. The second-order valence-electron chi connectivity index (χ2n) is 3.45. The van der Waals surface area contributed by atoms with Crippen molar-refractivity contribution in [1.82, 2.24) is 9.55 Å². The molecule has 96 valence electrons. The molecule has 0 bridgehead atoms. The fourth-order valence-electron chi connectivity index (χ4n) is 1.30. The zero-order chi connectivity index (χ0) is 12.8. The lowest BCUT2D eigenvalue weighted by Crippen LogP contribution is -2.31. The summed E-state index contributed by atoms with van der Waals surface area (Å²) >= 11 is 0. The summed E-state index contributed by atoms with van der Waals surface area (Å²) in [6, 6.07) is 1.60. The van der Waals surface area contributed by atoms with Gasteiger partial charge in [-0.1, -0.05) is 0 Å². The molecule has 0 saturated heterocycles. The van der Waals surface area contributed by atoms with Crippen LogP contribution in [0.3, 0.4) is 0 Å². The van der Waals surface area contributed by atoms with Crippen molar-refractivity contribution in [3.63, 3.8) is 0 Å². The van der Waals surface area contributed by atoms with Crippen LogP contribution in [0.1, 0.15) is 13.2 Å². The Morgan fingerprint density at radius 1 is 1.71 bits per heavy atom. The normalized spacial score (nSPS) is 14.4. The molecule has 0 saturated carbocycles. The van der Waals surface area contributed by atoms with Gasteiger partial charge in [0.1, 0.15) is 24.8 Å². The predicted molar refractivity (Wildman–Crippen MR) is 60.7 cm³/mol. The topological polar surface area (TPSA) is 76.4 Å². The number of nitrogens with one attached hydrogen (secondary N) is 1. The van der Waals surface area contributed by atoms with E-state index in [0.29, 0.717) is 5.82 Å². The van der Waals surface area contributed by atoms with Gasteiger partial charge in [0.15, 0.2) is 0 Å². The van der Waals surface area contributed by atoms with Crippen LogP contribution in [0.2, 0.25) is 0 Å². The van der Waals surface area contributed by atoms with E-state index in [1.165, 1.54) is 10.8 Å². The molecule has 0 aromatic carbocycles. The number of rotatable bonds is 6. The van der Waals surface area contributed by atoms with Crippen LogP contribution in [0.25, 0.3) is 0 Å². The van der Waals surface area contributed by atoms with Crippen LogP contribution in [0.5, 0.6) is 0 Å². The number of anilines is 1. The Bertz CT molecular complexity index is 406. The fraction of sp³-hybridized carbons (Fsp3) is 0.600. The summed E-state index contributed by atoms with van der Waals surface area (Å²) in [6.07, 6.45) is -0.118. The molecule has 0 aliphatic heterocycles. The van der Waals surface area contributed by atoms with Gasteiger partial charge in [0.25, 0.3) is 0 Å². The molecular formula is C10H16FN3O3. The van der Waals surface area contributed by atoms with E-state index >= 15 is 0 Å². The van der Waals surface area contributed by atoms with Crippen molar-refractivity contribution in [3.05, 3.63) is 22.7 Å². The summed E-state index contributed by atoms with van der Waals surface area (Å²) in [7, 11) is 1.65. The number of hydrogen-bond donors (Lipinski definition) is 2. The molecule has 1 aromatic rings. The first-order valence-corrected chi connectivity index (χ1v) is 5.21. The number of aromatic nitrogens is 2. The van der Waals surface area contributed by atoms with E-state index in [4.69, 9.17) is 9.84 Å². The highest BCUT2D eigenvalue weighted by atomic mass is 19.1. The maximum absolute atomic E-state index is 12.4. The Balaban J connectivity index is 2.82. The monoisotopic (exact) mass is 245 g/mol. The van der Waals surface area contributed by atoms with Gasteiger partial charge in [-0.2, -0.15) is 4.98 Å². The maximum atomic E-state index is 12.4. The first-order valence-electron chi connectivity index (χ1n) is 5.21. The van der Waals surface area contributed by atoms with Crippen LogP contribution in [0.15, 0.2) is 17.1 Å². The van der Waals surface area contributed by atoms with Crippen molar-refractivity contribution >= 4 is 5.82 Å². The van der Waals surface area contributed by atoms with Gasteiger partial charge in [-0.15, -0.1) is 0 Å². The molecule has 0 aliphatic carbocycles. The number of aliphatic hydroxyl groups excluding tert-OH is 1. The predicted octanol–water partition coefficient (Wildman–Crippen LogP) is 0.150. The molecule has 7 heteroatoms. The Hall–Kier alpha value is -1.47. The van der Waals surface area contributed by atoms with Gasteiger partial charge >= 0.3 is 5.69 Å². The molecule has 0 amide bonds. The molecule has 0 aliphatic rings. The van der Waals surface area contributed by atoms with Gasteiger partial charge < -0.3 is 15.2 Å². The quantitative estimate of drug-likeness (QED) is 0.746. The lowest BCUT2D eigenvalue weighted by Gasteiger charge is -2.20. The zero-order valence-corrected chi connectivity index (χ0v) is 9.76. The molecule has 1 unspecified atom stereocenters. The van der Waals surface area contributed by atoms with Crippen LogP contribution in [-0.2, 0) is 4.74 Å². The van der Waals surface area contributed by atoms with Crippen LogP contribution in [-0.4, -0.2) is 41.1 Å². The van der Waals surface area contributed by atoms with Crippen LogP contribution in [0.4, 0.5) is 10.2 Å². The molecule has 2 atom stereocenters.